The van der Waals surface area contributed by atoms with E-state index < -0.39 is 15.3 Å². The van der Waals surface area contributed by atoms with Gasteiger partial charge in [-0.05, 0) is 26.9 Å². The molecule has 7 heteroatoms. The first-order valence-corrected chi connectivity index (χ1v) is 8.87. The van der Waals surface area contributed by atoms with Gasteiger partial charge in [0.2, 0.25) is 15.9 Å². The number of amides is 1. The Kier molecular flexibility index (Phi) is 5.04. The summed E-state index contributed by atoms with van der Waals surface area (Å²) in [6.07, 6.45) is 4.18. The van der Waals surface area contributed by atoms with E-state index >= 15 is 0 Å². The van der Waals surface area contributed by atoms with Gasteiger partial charge in [0.25, 0.3) is 0 Å². The summed E-state index contributed by atoms with van der Waals surface area (Å²) in [6.45, 7) is 1.80. The zero-order valence-electron chi connectivity index (χ0n) is 12.3. The van der Waals surface area contributed by atoms with Gasteiger partial charge < -0.3 is 9.80 Å². The lowest BCUT2D eigenvalue weighted by Gasteiger charge is -2.40. The van der Waals surface area contributed by atoms with E-state index in [2.05, 4.69) is 4.72 Å². The molecule has 2 fully saturated rings. The van der Waals surface area contributed by atoms with Crippen molar-refractivity contribution in [1.29, 1.82) is 0 Å². The quantitative estimate of drug-likeness (QED) is 0.742. The maximum Gasteiger partial charge on any atom is 0.225 e. The van der Waals surface area contributed by atoms with E-state index in [-0.39, 0.29) is 11.8 Å². The predicted molar refractivity (Wildman–Crippen MR) is 77.8 cm³/mol. The number of sulfonamides is 1. The van der Waals surface area contributed by atoms with Crippen LogP contribution in [-0.4, -0.2) is 69.6 Å². The molecule has 1 aliphatic carbocycles. The summed E-state index contributed by atoms with van der Waals surface area (Å²) in [6, 6.07) is 0. The maximum atomic E-state index is 12.1. The van der Waals surface area contributed by atoms with Gasteiger partial charge in [0.05, 0.1) is 0 Å². The minimum absolute atomic E-state index is 0.139. The van der Waals surface area contributed by atoms with Gasteiger partial charge in [-0.25, -0.2) is 13.1 Å². The molecule has 0 aromatic carbocycles. The number of hydrogen-bond donors (Lipinski definition) is 1. The molecule has 0 bridgehead atoms. The molecule has 1 saturated heterocycles. The van der Waals surface area contributed by atoms with Crippen LogP contribution in [0.15, 0.2) is 0 Å². The Bertz CT molecular complexity index is 438. The van der Waals surface area contributed by atoms with Crippen LogP contribution in [0.4, 0.5) is 0 Å². The van der Waals surface area contributed by atoms with Crippen molar-refractivity contribution < 1.29 is 13.2 Å². The zero-order chi connectivity index (χ0) is 14.8. The summed E-state index contributed by atoms with van der Waals surface area (Å²) >= 11 is 0. The second-order valence-corrected chi connectivity index (χ2v) is 8.13. The summed E-state index contributed by atoms with van der Waals surface area (Å²) in [7, 11) is 0.525. The minimum atomic E-state index is -3.28. The first-order valence-electron chi connectivity index (χ1n) is 7.32. The molecular formula is C13H25N3O3S. The Hall–Kier alpha value is -0.660. The molecule has 1 saturated carbocycles. The van der Waals surface area contributed by atoms with Gasteiger partial charge >= 0.3 is 0 Å². The van der Waals surface area contributed by atoms with E-state index in [1.54, 1.807) is 4.90 Å². The van der Waals surface area contributed by atoms with Crippen molar-refractivity contribution in [2.75, 3.05) is 40.3 Å². The van der Waals surface area contributed by atoms with E-state index in [0.717, 1.165) is 25.7 Å². The molecular weight excluding hydrogens is 278 g/mol. The van der Waals surface area contributed by atoms with Gasteiger partial charge in [-0.15, -0.1) is 0 Å². The predicted octanol–water partition coefficient (Wildman–Crippen LogP) is -0.132. The van der Waals surface area contributed by atoms with Gasteiger partial charge in [0.1, 0.15) is 5.25 Å². The lowest BCUT2D eigenvalue weighted by atomic mass is 10.0. The highest BCUT2D eigenvalue weighted by Gasteiger charge is 2.41. The summed E-state index contributed by atoms with van der Waals surface area (Å²) in [5.41, 5.74) is 0. The summed E-state index contributed by atoms with van der Waals surface area (Å²) in [5, 5.41) is -0.435. The Labute approximate surface area is 121 Å². The molecule has 0 unspecified atom stereocenters. The van der Waals surface area contributed by atoms with E-state index in [4.69, 9.17) is 0 Å². The summed E-state index contributed by atoms with van der Waals surface area (Å²) in [5.74, 6) is 0.294. The van der Waals surface area contributed by atoms with E-state index in [0.29, 0.717) is 26.2 Å². The van der Waals surface area contributed by atoms with Crippen molar-refractivity contribution in [3.63, 3.8) is 0 Å². The van der Waals surface area contributed by atoms with Crippen LogP contribution in [0.1, 0.15) is 25.7 Å². The molecule has 20 heavy (non-hydrogen) atoms. The summed E-state index contributed by atoms with van der Waals surface area (Å²) < 4.78 is 26.6. The molecule has 2 aliphatic rings. The first-order chi connectivity index (χ1) is 9.40. The van der Waals surface area contributed by atoms with Crippen molar-refractivity contribution in [2.45, 2.75) is 30.9 Å². The van der Waals surface area contributed by atoms with E-state index in [1.807, 2.05) is 19.0 Å². The van der Waals surface area contributed by atoms with Crippen molar-refractivity contribution >= 4 is 15.9 Å². The Morgan fingerprint density at radius 2 is 1.85 bits per heavy atom. The average molecular weight is 303 g/mol. The third-order valence-electron chi connectivity index (χ3n) is 4.17. The fraction of sp³-hybridized carbons (Fsp3) is 0.923. The molecule has 1 N–H and O–H groups in total. The van der Waals surface area contributed by atoms with Gasteiger partial charge in [-0.2, -0.15) is 0 Å². The zero-order valence-corrected chi connectivity index (χ0v) is 13.2. The highest BCUT2D eigenvalue weighted by Crippen LogP contribution is 2.29. The van der Waals surface area contributed by atoms with Gasteiger partial charge in [-0.3, -0.25) is 4.79 Å². The van der Waals surface area contributed by atoms with Crippen LogP contribution in [0.25, 0.3) is 0 Å². The highest BCUT2D eigenvalue weighted by molar-refractivity contribution is 7.90. The molecule has 1 heterocycles. The second-order valence-electron chi connectivity index (χ2n) is 6.09. The molecule has 0 atom stereocenters. The minimum Gasteiger partial charge on any atom is -0.340 e. The van der Waals surface area contributed by atoms with Gasteiger partial charge in [-0.1, -0.05) is 12.8 Å². The Morgan fingerprint density at radius 1 is 1.25 bits per heavy atom. The van der Waals surface area contributed by atoms with Crippen LogP contribution in [0.3, 0.4) is 0 Å². The molecule has 116 valence electrons. The van der Waals surface area contributed by atoms with Crippen LogP contribution in [-0.2, 0) is 14.8 Å². The van der Waals surface area contributed by atoms with Crippen molar-refractivity contribution in [3.05, 3.63) is 0 Å². The number of carbonyl (C=O) groups excluding carboxylic acids is 1. The van der Waals surface area contributed by atoms with Crippen LogP contribution in [0, 0.1) is 5.92 Å². The van der Waals surface area contributed by atoms with Crippen molar-refractivity contribution in [2.24, 2.45) is 5.92 Å². The topological polar surface area (TPSA) is 69.7 Å². The van der Waals surface area contributed by atoms with Crippen molar-refractivity contribution in [3.8, 4) is 0 Å². The third kappa shape index (κ3) is 3.71. The number of likely N-dealkylation sites (tertiary alicyclic amines) is 1. The molecule has 6 nitrogen and oxygen atoms in total. The first kappa shape index (κ1) is 15.7. The smallest absolute Gasteiger partial charge is 0.225 e. The SMILES string of the molecule is CN(C)CCNS(=O)(=O)C1CN(C(=O)C2CCCC2)C1. The number of likely N-dealkylation sites (N-methyl/N-ethyl adjacent to an activating group) is 1. The molecule has 2 rings (SSSR count). The number of nitrogens with zero attached hydrogens (tertiary/aromatic N) is 2. The standard InChI is InChI=1S/C13H25N3O3S/c1-15(2)8-7-14-20(18,19)12-9-16(10-12)13(17)11-5-3-4-6-11/h11-12,14H,3-10H2,1-2H3. The molecule has 1 amide bonds. The molecule has 0 spiro atoms. The van der Waals surface area contributed by atoms with Crippen LogP contribution in [0.2, 0.25) is 0 Å². The van der Waals surface area contributed by atoms with Gasteiger partial charge in [0.15, 0.2) is 0 Å². The number of nitrogens with one attached hydrogen (secondary N) is 1. The lowest BCUT2D eigenvalue weighted by molar-refractivity contribution is -0.138. The van der Waals surface area contributed by atoms with E-state index in [9.17, 15) is 13.2 Å². The molecule has 1 aliphatic heterocycles. The largest absolute Gasteiger partial charge is 0.340 e. The molecule has 0 aromatic rings. The highest BCUT2D eigenvalue weighted by atomic mass is 32.2. The fourth-order valence-electron chi connectivity index (χ4n) is 2.77. The number of carbonyl (C=O) groups is 1. The second kappa shape index (κ2) is 6.41. The van der Waals surface area contributed by atoms with Crippen LogP contribution < -0.4 is 4.72 Å². The van der Waals surface area contributed by atoms with Gasteiger partial charge in [0, 0.05) is 32.1 Å². The Balaban J connectivity index is 1.75. The fourth-order valence-corrected chi connectivity index (χ4v) is 4.14. The third-order valence-corrected chi connectivity index (χ3v) is 5.95. The lowest BCUT2D eigenvalue weighted by Crippen LogP contribution is -2.60. The Morgan fingerprint density at radius 3 is 2.40 bits per heavy atom. The normalized spacial score (nSPS) is 21.4. The number of rotatable bonds is 6. The van der Waals surface area contributed by atoms with Crippen LogP contribution >= 0.6 is 0 Å². The van der Waals surface area contributed by atoms with E-state index in [1.165, 1.54) is 0 Å². The van der Waals surface area contributed by atoms with Crippen molar-refractivity contribution in [1.82, 2.24) is 14.5 Å². The summed E-state index contributed by atoms with van der Waals surface area (Å²) in [4.78, 5) is 15.7. The maximum absolute atomic E-state index is 12.1. The van der Waals surface area contributed by atoms with Crippen LogP contribution in [0.5, 0.6) is 0 Å². The average Bonchev–Trinajstić information content (AvgIpc) is 2.78. The monoisotopic (exact) mass is 303 g/mol. The molecule has 0 radical (unpaired) electrons. The number of hydrogen-bond acceptors (Lipinski definition) is 4. The molecule has 0 aromatic heterocycles.